The molecular formula is C16H29N3S. The van der Waals surface area contributed by atoms with Crippen molar-refractivity contribution in [1.82, 2.24) is 10.4 Å². The first-order valence-electron chi connectivity index (χ1n) is 7.90. The highest BCUT2D eigenvalue weighted by molar-refractivity contribution is 7.11. The first-order valence-corrected chi connectivity index (χ1v) is 8.72. The number of nitrogens with one attached hydrogen (secondary N) is 1. The topological polar surface area (TPSA) is 50.9 Å². The standard InChI is InChI=1S/C16H29N3S/c1-10(2)13-5-7-14(8-6-13)15(19-17)9-16-18-11(3)12(4)20-16/h10,13-15,19H,5-9,17H2,1-4H3. The van der Waals surface area contributed by atoms with E-state index in [1.54, 1.807) is 0 Å². The number of rotatable bonds is 5. The Morgan fingerprint density at radius 1 is 1.20 bits per heavy atom. The average Bonchev–Trinajstić information content (AvgIpc) is 2.75. The number of hydrogen-bond acceptors (Lipinski definition) is 4. The summed E-state index contributed by atoms with van der Waals surface area (Å²) in [5.41, 5.74) is 4.23. The summed E-state index contributed by atoms with van der Waals surface area (Å²) in [6.45, 7) is 8.94. The van der Waals surface area contributed by atoms with Crippen LogP contribution in [0.25, 0.3) is 0 Å². The predicted molar refractivity (Wildman–Crippen MR) is 86.7 cm³/mol. The second kappa shape index (κ2) is 7.01. The van der Waals surface area contributed by atoms with Crippen LogP contribution in [0.1, 0.15) is 55.1 Å². The third-order valence-corrected chi connectivity index (χ3v) is 6.10. The molecular weight excluding hydrogens is 266 g/mol. The number of thiazole rings is 1. The van der Waals surface area contributed by atoms with Crippen molar-refractivity contribution < 1.29 is 0 Å². The van der Waals surface area contributed by atoms with Gasteiger partial charge in [0, 0.05) is 17.3 Å². The predicted octanol–water partition coefficient (Wildman–Crippen LogP) is 3.60. The second-order valence-corrected chi connectivity index (χ2v) is 7.93. The quantitative estimate of drug-likeness (QED) is 0.644. The van der Waals surface area contributed by atoms with E-state index in [0.717, 1.165) is 18.3 Å². The molecule has 0 aliphatic heterocycles. The monoisotopic (exact) mass is 295 g/mol. The maximum absolute atomic E-state index is 5.82. The van der Waals surface area contributed by atoms with Crippen LogP contribution in [0, 0.1) is 31.6 Å². The van der Waals surface area contributed by atoms with Crippen LogP contribution in [0.5, 0.6) is 0 Å². The van der Waals surface area contributed by atoms with Gasteiger partial charge in [-0.05, 0) is 57.3 Å². The summed E-state index contributed by atoms with van der Waals surface area (Å²) in [6.07, 6.45) is 6.31. The first-order chi connectivity index (χ1) is 9.51. The molecule has 3 N–H and O–H groups in total. The molecule has 1 saturated carbocycles. The van der Waals surface area contributed by atoms with Crippen LogP contribution in [0.3, 0.4) is 0 Å². The van der Waals surface area contributed by atoms with Gasteiger partial charge in [0.05, 0.1) is 10.7 Å². The van der Waals surface area contributed by atoms with Gasteiger partial charge in [-0.15, -0.1) is 11.3 Å². The van der Waals surface area contributed by atoms with Crippen molar-refractivity contribution in [2.24, 2.45) is 23.6 Å². The van der Waals surface area contributed by atoms with Gasteiger partial charge in [0.1, 0.15) is 0 Å². The normalized spacial score (nSPS) is 25.1. The molecule has 0 spiro atoms. The van der Waals surface area contributed by atoms with Crippen LogP contribution in [-0.2, 0) is 6.42 Å². The number of nitrogens with two attached hydrogens (primary N) is 1. The largest absolute Gasteiger partial charge is 0.271 e. The highest BCUT2D eigenvalue weighted by atomic mass is 32.1. The highest BCUT2D eigenvalue weighted by Crippen LogP contribution is 2.35. The summed E-state index contributed by atoms with van der Waals surface area (Å²) >= 11 is 1.82. The molecule has 1 aliphatic rings. The van der Waals surface area contributed by atoms with E-state index in [1.807, 2.05) is 11.3 Å². The zero-order chi connectivity index (χ0) is 14.7. The summed E-state index contributed by atoms with van der Waals surface area (Å²) in [5.74, 6) is 8.26. The first kappa shape index (κ1) is 15.9. The van der Waals surface area contributed by atoms with Crippen LogP contribution in [0.2, 0.25) is 0 Å². The van der Waals surface area contributed by atoms with Gasteiger partial charge in [0.2, 0.25) is 0 Å². The van der Waals surface area contributed by atoms with Crippen LogP contribution < -0.4 is 11.3 Å². The van der Waals surface area contributed by atoms with Crippen LogP contribution in [0.4, 0.5) is 0 Å². The molecule has 1 atom stereocenters. The van der Waals surface area contributed by atoms with E-state index in [4.69, 9.17) is 5.84 Å². The molecule has 0 radical (unpaired) electrons. The van der Waals surface area contributed by atoms with E-state index in [2.05, 4.69) is 38.1 Å². The molecule has 1 heterocycles. The third kappa shape index (κ3) is 3.80. The Morgan fingerprint density at radius 3 is 2.25 bits per heavy atom. The van der Waals surface area contributed by atoms with E-state index in [0.29, 0.717) is 12.0 Å². The van der Waals surface area contributed by atoms with Gasteiger partial charge >= 0.3 is 0 Å². The number of hydrogen-bond donors (Lipinski definition) is 2. The summed E-state index contributed by atoms with van der Waals surface area (Å²) in [4.78, 5) is 5.99. The Kier molecular flexibility index (Phi) is 5.58. The minimum Gasteiger partial charge on any atom is -0.271 e. The number of hydrazine groups is 1. The number of nitrogens with zero attached hydrogens (tertiary/aromatic N) is 1. The third-order valence-electron chi connectivity index (χ3n) is 5.01. The van der Waals surface area contributed by atoms with Crippen molar-refractivity contribution in [3.8, 4) is 0 Å². The number of aryl methyl sites for hydroxylation is 2. The number of aromatic nitrogens is 1. The second-order valence-electron chi connectivity index (χ2n) is 6.65. The van der Waals surface area contributed by atoms with Crippen LogP contribution >= 0.6 is 11.3 Å². The smallest absolute Gasteiger partial charge is 0.0947 e. The van der Waals surface area contributed by atoms with E-state index < -0.39 is 0 Å². The van der Waals surface area contributed by atoms with Crippen molar-refractivity contribution >= 4 is 11.3 Å². The summed E-state index contributed by atoms with van der Waals surface area (Å²) in [5, 5.41) is 1.23. The Labute approximate surface area is 127 Å². The zero-order valence-corrected chi connectivity index (χ0v) is 14.1. The van der Waals surface area contributed by atoms with E-state index in [1.165, 1.54) is 41.3 Å². The maximum atomic E-state index is 5.82. The highest BCUT2D eigenvalue weighted by Gasteiger charge is 2.29. The molecule has 0 bridgehead atoms. The van der Waals surface area contributed by atoms with E-state index >= 15 is 0 Å². The average molecular weight is 295 g/mol. The molecule has 2 rings (SSSR count). The fourth-order valence-electron chi connectivity index (χ4n) is 3.39. The lowest BCUT2D eigenvalue weighted by molar-refractivity contribution is 0.188. The molecule has 1 aromatic rings. The Morgan fingerprint density at radius 2 is 1.80 bits per heavy atom. The Hall–Kier alpha value is -0.450. The molecule has 0 amide bonds. The fourth-order valence-corrected chi connectivity index (χ4v) is 4.38. The molecule has 1 aromatic heterocycles. The van der Waals surface area contributed by atoms with Gasteiger partial charge in [0.25, 0.3) is 0 Å². The minimum atomic E-state index is 0.382. The van der Waals surface area contributed by atoms with Gasteiger partial charge in [-0.3, -0.25) is 11.3 Å². The van der Waals surface area contributed by atoms with E-state index in [-0.39, 0.29) is 0 Å². The van der Waals surface area contributed by atoms with Crippen molar-refractivity contribution in [3.05, 3.63) is 15.6 Å². The lowest BCUT2D eigenvalue weighted by Gasteiger charge is -2.34. The Bertz CT molecular complexity index is 400. The van der Waals surface area contributed by atoms with Gasteiger partial charge in [-0.25, -0.2) is 4.98 Å². The molecule has 114 valence electrons. The van der Waals surface area contributed by atoms with Crippen molar-refractivity contribution in [3.63, 3.8) is 0 Å². The van der Waals surface area contributed by atoms with Crippen LogP contribution in [0.15, 0.2) is 0 Å². The lowest BCUT2D eigenvalue weighted by atomic mass is 9.74. The molecule has 4 heteroatoms. The fraction of sp³-hybridized carbons (Fsp3) is 0.812. The summed E-state index contributed by atoms with van der Waals surface area (Å²) in [6, 6.07) is 0.382. The van der Waals surface area contributed by atoms with Gasteiger partial charge < -0.3 is 0 Å². The molecule has 20 heavy (non-hydrogen) atoms. The SMILES string of the molecule is Cc1nc(CC(NN)C2CCC(C(C)C)CC2)sc1C. The molecule has 3 nitrogen and oxygen atoms in total. The molecule has 0 aromatic carbocycles. The van der Waals surface area contributed by atoms with Gasteiger partial charge in [-0.1, -0.05) is 13.8 Å². The maximum Gasteiger partial charge on any atom is 0.0947 e. The van der Waals surface area contributed by atoms with Crippen molar-refractivity contribution in [2.75, 3.05) is 0 Å². The van der Waals surface area contributed by atoms with Crippen molar-refractivity contribution in [1.29, 1.82) is 0 Å². The minimum absolute atomic E-state index is 0.382. The lowest BCUT2D eigenvalue weighted by Crippen LogP contribution is -2.44. The zero-order valence-electron chi connectivity index (χ0n) is 13.3. The molecule has 0 saturated heterocycles. The Balaban J connectivity index is 1.92. The van der Waals surface area contributed by atoms with Gasteiger partial charge in [-0.2, -0.15) is 0 Å². The van der Waals surface area contributed by atoms with Gasteiger partial charge in [0.15, 0.2) is 0 Å². The summed E-state index contributed by atoms with van der Waals surface area (Å²) in [7, 11) is 0. The molecule has 1 aliphatic carbocycles. The van der Waals surface area contributed by atoms with Crippen molar-refractivity contribution in [2.45, 2.75) is 65.8 Å². The van der Waals surface area contributed by atoms with Crippen LogP contribution in [-0.4, -0.2) is 11.0 Å². The molecule has 1 fully saturated rings. The summed E-state index contributed by atoms with van der Waals surface area (Å²) < 4.78 is 0. The molecule has 1 unspecified atom stereocenters. The van der Waals surface area contributed by atoms with E-state index in [9.17, 15) is 0 Å².